The Balaban J connectivity index is 1.83. The molecule has 0 aromatic heterocycles. The van der Waals surface area contributed by atoms with Gasteiger partial charge in [-0.1, -0.05) is 89.9 Å². The summed E-state index contributed by atoms with van der Waals surface area (Å²) >= 11 is 12.6. The second-order valence-corrected chi connectivity index (χ2v) is 12.3. The molecule has 2 amide bonds. The zero-order valence-corrected chi connectivity index (χ0v) is 25.9. The Hall–Kier alpha value is -4.05. The SMILES string of the molecule is CNC(=O)C(Cc1ccccc1)N(Cc1ccc(Cl)cc1Cl)C(=O)CN(c1ccccc1OC)S(=O)(=O)c1ccccc1. The molecule has 43 heavy (non-hydrogen) atoms. The van der Waals surface area contributed by atoms with Crippen molar-refractivity contribution in [3.05, 3.63) is 124 Å². The number of anilines is 1. The van der Waals surface area contributed by atoms with Crippen LogP contribution in [0, 0.1) is 0 Å². The smallest absolute Gasteiger partial charge is 0.264 e. The number of likely N-dealkylation sites (N-methyl/N-ethyl adjacent to an activating group) is 1. The third-order valence-electron chi connectivity index (χ3n) is 6.84. The molecule has 224 valence electrons. The number of carbonyl (C=O) groups is 2. The lowest BCUT2D eigenvalue weighted by atomic mass is 10.0. The summed E-state index contributed by atoms with van der Waals surface area (Å²) in [6.45, 7) is -0.698. The zero-order chi connectivity index (χ0) is 31.0. The van der Waals surface area contributed by atoms with Crippen molar-refractivity contribution in [2.75, 3.05) is 25.0 Å². The van der Waals surface area contributed by atoms with Gasteiger partial charge in [0.05, 0.1) is 17.7 Å². The molecule has 0 saturated carbocycles. The molecular formula is C32H31Cl2N3O5S. The lowest BCUT2D eigenvalue weighted by molar-refractivity contribution is -0.139. The maximum absolute atomic E-state index is 14.4. The average Bonchev–Trinajstić information content (AvgIpc) is 3.02. The summed E-state index contributed by atoms with van der Waals surface area (Å²) in [4.78, 5) is 29.1. The quantitative estimate of drug-likeness (QED) is 0.218. The molecule has 0 heterocycles. The highest BCUT2D eigenvalue weighted by Gasteiger charge is 2.35. The number of para-hydroxylation sites is 2. The monoisotopic (exact) mass is 639 g/mol. The fourth-order valence-electron chi connectivity index (χ4n) is 4.62. The van der Waals surface area contributed by atoms with E-state index in [1.807, 2.05) is 30.3 Å². The van der Waals surface area contributed by atoms with Crippen LogP contribution in [0.15, 0.2) is 108 Å². The molecule has 0 aliphatic rings. The molecule has 0 spiro atoms. The fourth-order valence-corrected chi connectivity index (χ4v) is 6.54. The minimum absolute atomic E-state index is 0.00635. The normalized spacial score (nSPS) is 11.8. The maximum atomic E-state index is 14.4. The summed E-state index contributed by atoms with van der Waals surface area (Å²) in [5, 5.41) is 3.37. The predicted octanol–water partition coefficient (Wildman–Crippen LogP) is 5.58. The van der Waals surface area contributed by atoms with Crippen LogP contribution in [0.2, 0.25) is 10.0 Å². The van der Waals surface area contributed by atoms with Crippen LogP contribution < -0.4 is 14.4 Å². The molecule has 0 saturated heterocycles. The van der Waals surface area contributed by atoms with Crippen LogP contribution in [-0.2, 0) is 32.6 Å². The summed E-state index contributed by atoms with van der Waals surface area (Å²) in [7, 11) is -1.34. The van der Waals surface area contributed by atoms with E-state index in [2.05, 4.69) is 5.32 Å². The van der Waals surface area contributed by atoms with E-state index in [4.69, 9.17) is 27.9 Å². The van der Waals surface area contributed by atoms with E-state index in [1.165, 1.54) is 31.2 Å². The number of ether oxygens (including phenoxy) is 1. The highest BCUT2D eigenvalue weighted by atomic mass is 35.5. The minimum atomic E-state index is -4.25. The molecule has 4 rings (SSSR count). The largest absolute Gasteiger partial charge is 0.495 e. The van der Waals surface area contributed by atoms with Crippen molar-refractivity contribution in [2.45, 2.75) is 23.9 Å². The number of nitrogens with zero attached hydrogens (tertiary/aromatic N) is 2. The van der Waals surface area contributed by atoms with Gasteiger partial charge in [-0.15, -0.1) is 0 Å². The summed E-state index contributed by atoms with van der Waals surface area (Å²) in [6.07, 6.45) is 0.178. The van der Waals surface area contributed by atoms with Crippen LogP contribution in [0.5, 0.6) is 5.75 Å². The minimum Gasteiger partial charge on any atom is -0.495 e. The molecule has 4 aromatic carbocycles. The molecule has 0 aliphatic heterocycles. The molecule has 1 atom stereocenters. The van der Waals surface area contributed by atoms with Gasteiger partial charge in [0.25, 0.3) is 10.0 Å². The number of carbonyl (C=O) groups excluding carboxylic acids is 2. The summed E-state index contributed by atoms with van der Waals surface area (Å²) in [6, 6.07) is 27.5. The van der Waals surface area contributed by atoms with Gasteiger partial charge in [-0.3, -0.25) is 13.9 Å². The van der Waals surface area contributed by atoms with Crippen molar-refractivity contribution >= 4 is 50.7 Å². The number of hydrogen-bond acceptors (Lipinski definition) is 5. The Morgan fingerprint density at radius 1 is 0.884 bits per heavy atom. The Morgan fingerprint density at radius 3 is 2.14 bits per heavy atom. The van der Waals surface area contributed by atoms with Gasteiger partial charge in [-0.05, 0) is 47.5 Å². The number of amides is 2. The number of hydrogen-bond donors (Lipinski definition) is 1. The third-order valence-corrected chi connectivity index (χ3v) is 9.20. The van der Waals surface area contributed by atoms with Crippen LogP contribution in [0.25, 0.3) is 0 Å². The van der Waals surface area contributed by atoms with Gasteiger partial charge in [0.1, 0.15) is 18.3 Å². The number of rotatable bonds is 12. The number of halogens is 2. The highest BCUT2D eigenvalue weighted by Crippen LogP contribution is 2.33. The standard InChI is InChI=1S/C32H31Cl2N3O5S/c1-35-32(39)29(19-23-11-5-3-6-12-23)36(21-24-17-18-25(33)20-27(24)34)31(38)22-37(28-15-9-10-16-30(28)42-2)43(40,41)26-13-7-4-8-14-26/h3-18,20,29H,19,21-22H2,1-2H3,(H,35,39). The van der Waals surface area contributed by atoms with E-state index < -0.39 is 34.4 Å². The first kappa shape index (κ1) is 31.9. The summed E-state index contributed by atoms with van der Waals surface area (Å²) in [5.41, 5.74) is 1.52. The van der Waals surface area contributed by atoms with Gasteiger partial charge < -0.3 is 15.0 Å². The summed E-state index contributed by atoms with van der Waals surface area (Å²) < 4.78 is 34.6. The molecule has 0 fully saturated rings. The average molecular weight is 641 g/mol. The molecule has 0 bridgehead atoms. The first-order valence-corrected chi connectivity index (χ1v) is 15.5. The Labute approximate surface area is 261 Å². The molecule has 1 unspecified atom stereocenters. The lowest BCUT2D eigenvalue weighted by Crippen LogP contribution is -2.53. The third kappa shape index (κ3) is 7.67. The van der Waals surface area contributed by atoms with Crippen LogP contribution in [0.4, 0.5) is 5.69 Å². The van der Waals surface area contributed by atoms with E-state index in [0.29, 0.717) is 15.6 Å². The van der Waals surface area contributed by atoms with E-state index >= 15 is 0 Å². The van der Waals surface area contributed by atoms with Gasteiger partial charge in [-0.2, -0.15) is 0 Å². The first-order chi connectivity index (χ1) is 20.6. The van der Waals surface area contributed by atoms with Gasteiger partial charge in [0, 0.05) is 30.1 Å². The van der Waals surface area contributed by atoms with Crippen molar-refractivity contribution in [1.82, 2.24) is 10.2 Å². The molecule has 4 aromatic rings. The van der Waals surface area contributed by atoms with Crippen molar-refractivity contribution in [2.24, 2.45) is 0 Å². The van der Waals surface area contributed by atoms with E-state index in [0.717, 1.165) is 9.87 Å². The number of methoxy groups -OCH3 is 1. The number of nitrogens with one attached hydrogen (secondary N) is 1. The highest BCUT2D eigenvalue weighted by molar-refractivity contribution is 7.92. The van der Waals surface area contributed by atoms with Crippen molar-refractivity contribution in [3.8, 4) is 5.75 Å². The predicted molar refractivity (Wildman–Crippen MR) is 169 cm³/mol. The van der Waals surface area contributed by atoms with Gasteiger partial charge in [-0.25, -0.2) is 8.42 Å². The topological polar surface area (TPSA) is 96.0 Å². The number of benzene rings is 4. The van der Waals surface area contributed by atoms with E-state index in [1.54, 1.807) is 60.7 Å². The molecular weight excluding hydrogens is 609 g/mol. The van der Waals surface area contributed by atoms with Gasteiger partial charge in [0.2, 0.25) is 11.8 Å². The Morgan fingerprint density at radius 2 is 1.51 bits per heavy atom. The van der Waals surface area contributed by atoms with Gasteiger partial charge in [0.15, 0.2) is 0 Å². The lowest BCUT2D eigenvalue weighted by Gasteiger charge is -2.34. The van der Waals surface area contributed by atoms with E-state index in [9.17, 15) is 18.0 Å². The number of sulfonamides is 1. The molecule has 0 aliphatic carbocycles. The van der Waals surface area contributed by atoms with Crippen LogP contribution in [0.1, 0.15) is 11.1 Å². The second kappa shape index (κ2) is 14.4. The Bertz CT molecular complexity index is 1670. The summed E-state index contributed by atoms with van der Waals surface area (Å²) in [5.74, 6) is -0.785. The first-order valence-electron chi connectivity index (χ1n) is 13.4. The molecule has 8 nitrogen and oxygen atoms in total. The van der Waals surface area contributed by atoms with Crippen molar-refractivity contribution in [1.29, 1.82) is 0 Å². The molecule has 0 radical (unpaired) electrons. The molecule has 1 N–H and O–H groups in total. The fraction of sp³-hybridized carbons (Fsp3) is 0.188. The van der Waals surface area contributed by atoms with E-state index in [-0.39, 0.29) is 29.3 Å². The van der Waals surface area contributed by atoms with Crippen LogP contribution in [-0.4, -0.2) is 51.9 Å². The van der Waals surface area contributed by atoms with Gasteiger partial charge >= 0.3 is 0 Å². The van der Waals surface area contributed by atoms with Crippen molar-refractivity contribution in [3.63, 3.8) is 0 Å². The van der Waals surface area contributed by atoms with Crippen LogP contribution >= 0.6 is 23.2 Å². The van der Waals surface area contributed by atoms with Crippen molar-refractivity contribution < 1.29 is 22.7 Å². The zero-order valence-electron chi connectivity index (χ0n) is 23.6. The molecule has 11 heteroatoms. The maximum Gasteiger partial charge on any atom is 0.264 e. The Kier molecular flexibility index (Phi) is 10.7. The van der Waals surface area contributed by atoms with Crippen LogP contribution in [0.3, 0.4) is 0 Å². The second-order valence-electron chi connectivity index (χ2n) is 9.57.